The van der Waals surface area contributed by atoms with Crippen LogP contribution in [0.3, 0.4) is 0 Å². The van der Waals surface area contributed by atoms with Crippen LogP contribution in [0, 0.1) is 0 Å². The molecule has 1 amide bonds. The summed E-state index contributed by atoms with van der Waals surface area (Å²) in [6.07, 6.45) is -0.626. The molecular formula is C22H19NO3. The number of aliphatic hydroxyl groups excluding tert-OH is 1. The second kappa shape index (κ2) is 7.76. The molecule has 2 N–H and O–H groups in total. The van der Waals surface area contributed by atoms with Gasteiger partial charge < -0.3 is 10.4 Å². The van der Waals surface area contributed by atoms with E-state index in [-0.39, 0.29) is 11.7 Å². The molecule has 0 spiro atoms. The fourth-order valence-electron chi connectivity index (χ4n) is 2.70. The summed E-state index contributed by atoms with van der Waals surface area (Å²) in [5.41, 5.74) is 2.46. The van der Waals surface area contributed by atoms with Gasteiger partial charge in [-0.15, -0.1) is 0 Å². The molecule has 26 heavy (non-hydrogen) atoms. The first kappa shape index (κ1) is 17.6. The van der Waals surface area contributed by atoms with E-state index >= 15 is 0 Å². The van der Waals surface area contributed by atoms with Crippen LogP contribution < -0.4 is 5.32 Å². The maximum Gasteiger partial charge on any atom is 0.256 e. The summed E-state index contributed by atoms with van der Waals surface area (Å²) in [6, 6.07) is 22.6. The third kappa shape index (κ3) is 3.87. The second-order valence-corrected chi connectivity index (χ2v) is 6.00. The molecule has 4 heteroatoms. The third-order valence-corrected chi connectivity index (χ3v) is 4.08. The van der Waals surface area contributed by atoms with Crippen LogP contribution >= 0.6 is 0 Å². The molecule has 0 aromatic heterocycles. The summed E-state index contributed by atoms with van der Waals surface area (Å²) in [7, 11) is 0. The Morgan fingerprint density at radius 2 is 1.50 bits per heavy atom. The van der Waals surface area contributed by atoms with E-state index in [9.17, 15) is 14.7 Å². The molecule has 0 radical (unpaired) electrons. The van der Waals surface area contributed by atoms with Gasteiger partial charge >= 0.3 is 0 Å². The number of hydrogen-bond acceptors (Lipinski definition) is 3. The third-order valence-electron chi connectivity index (χ3n) is 4.08. The number of amides is 1. The summed E-state index contributed by atoms with van der Waals surface area (Å²) < 4.78 is 0. The maximum absolute atomic E-state index is 12.8. The predicted molar refractivity (Wildman–Crippen MR) is 101 cm³/mol. The first-order valence-corrected chi connectivity index (χ1v) is 8.34. The number of ketones is 1. The van der Waals surface area contributed by atoms with Gasteiger partial charge in [-0.05, 0) is 30.7 Å². The van der Waals surface area contributed by atoms with Gasteiger partial charge in [0.25, 0.3) is 5.91 Å². The summed E-state index contributed by atoms with van der Waals surface area (Å²) in [6.45, 7) is 1.66. The van der Waals surface area contributed by atoms with E-state index in [1.54, 1.807) is 79.7 Å². The summed E-state index contributed by atoms with van der Waals surface area (Å²) in [4.78, 5) is 25.5. The minimum atomic E-state index is -0.626. The summed E-state index contributed by atoms with van der Waals surface area (Å²) in [5, 5.41) is 12.5. The first-order valence-electron chi connectivity index (χ1n) is 8.34. The highest BCUT2D eigenvalue weighted by atomic mass is 16.3. The monoisotopic (exact) mass is 345 g/mol. The number of anilines is 1. The van der Waals surface area contributed by atoms with E-state index in [1.165, 1.54) is 0 Å². The standard InChI is InChI=1S/C22H19NO3/c1-15(24)17-10-7-11-18(14-17)23-22(26)20-13-6-5-12-19(20)21(25)16-8-3-2-4-9-16/h2-15,24H,1H3,(H,23,26)/t15-/m1/s1. The van der Waals surface area contributed by atoms with Crippen molar-refractivity contribution in [3.8, 4) is 0 Å². The van der Waals surface area contributed by atoms with Crippen LogP contribution in [0.4, 0.5) is 5.69 Å². The highest BCUT2D eigenvalue weighted by molar-refractivity contribution is 6.17. The van der Waals surface area contributed by atoms with Crippen molar-refractivity contribution in [1.29, 1.82) is 0 Å². The van der Waals surface area contributed by atoms with Crippen molar-refractivity contribution in [2.45, 2.75) is 13.0 Å². The molecule has 3 rings (SSSR count). The molecule has 3 aromatic rings. The molecule has 130 valence electrons. The minimum absolute atomic E-state index is 0.200. The topological polar surface area (TPSA) is 66.4 Å². The lowest BCUT2D eigenvalue weighted by atomic mass is 9.98. The lowest BCUT2D eigenvalue weighted by Crippen LogP contribution is -2.17. The Hall–Kier alpha value is -3.24. The highest BCUT2D eigenvalue weighted by Gasteiger charge is 2.18. The van der Waals surface area contributed by atoms with Crippen molar-refractivity contribution in [3.05, 3.63) is 101 Å². The smallest absolute Gasteiger partial charge is 0.256 e. The van der Waals surface area contributed by atoms with E-state index in [4.69, 9.17) is 0 Å². The molecule has 1 atom stereocenters. The van der Waals surface area contributed by atoms with Gasteiger partial charge in [-0.3, -0.25) is 9.59 Å². The largest absolute Gasteiger partial charge is 0.389 e. The number of hydrogen-bond donors (Lipinski definition) is 2. The maximum atomic E-state index is 12.8. The van der Waals surface area contributed by atoms with Gasteiger partial charge in [0.1, 0.15) is 0 Å². The van der Waals surface area contributed by atoms with Gasteiger partial charge in [0.15, 0.2) is 5.78 Å². The van der Waals surface area contributed by atoms with Gasteiger partial charge in [0.05, 0.1) is 11.7 Å². The predicted octanol–water partition coefficient (Wildman–Crippen LogP) is 4.22. The van der Waals surface area contributed by atoms with Crippen LogP contribution in [-0.2, 0) is 0 Å². The summed E-state index contributed by atoms with van der Waals surface area (Å²) in [5.74, 6) is -0.568. The number of benzene rings is 3. The Morgan fingerprint density at radius 3 is 2.19 bits per heavy atom. The van der Waals surface area contributed by atoms with Gasteiger partial charge in [-0.25, -0.2) is 0 Å². The Bertz CT molecular complexity index is 933. The molecule has 0 aliphatic heterocycles. The number of aliphatic hydroxyl groups is 1. The van der Waals surface area contributed by atoms with E-state index in [0.29, 0.717) is 27.9 Å². The van der Waals surface area contributed by atoms with Crippen LogP contribution in [-0.4, -0.2) is 16.8 Å². The molecule has 4 nitrogen and oxygen atoms in total. The average Bonchev–Trinajstić information content (AvgIpc) is 2.68. The number of nitrogens with one attached hydrogen (secondary N) is 1. The Morgan fingerprint density at radius 1 is 0.846 bits per heavy atom. The Labute approximate surface area is 152 Å². The van der Waals surface area contributed by atoms with Gasteiger partial charge in [0, 0.05) is 16.8 Å². The molecule has 0 saturated carbocycles. The molecule has 0 heterocycles. The first-order chi connectivity index (χ1) is 12.6. The zero-order valence-corrected chi connectivity index (χ0v) is 14.3. The number of carbonyl (C=O) groups is 2. The normalized spacial score (nSPS) is 11.6. The van der Waals surface area contributed by atoms with E-state index in [2.05, 4.69) is 5.32 Å². The van der Waals surface area contributed by atoms with Gasteiger partial charge in [0.2, 0.25) is 0 Å². The van der Waals surface area contributed by atoms with Crippen molar-refractivity contribution in [3.63, 3.8) is 0 Å². The van der Waals surface area contributed by atoms with Crippen molar-refractivity contribution >= 4 is 17.4 Å². The molecule has 3 aromatic carbocycles. The zero-order valence-electron chi connectivity index (χ0n) is 14.3. The lowest BCUT2D eigenvalue weighted by Gasteiger charge is -2.11. The quantitative estimate of drug-likeness (QED) is 0.680. The fourth-order valence-corrected chi connectivity index (χ4v) is 2.70. The minimum Gasteiger partial charge on any atom is -0.389 e. The fraction of sp³-hybridized carbons (Fsp3) is 0.0909. The van der Waals surface area contributed by atoms with Crippen LogP contribution in [0.2, 0.25) is 0 Å². The molecule has 0 aliphatic rings. The van der Waals surface area contributed by atoms with Gasteiger partial charge in [-0.2, -0.15) is 0 Å². The van der Waals surface area contributed by atoms with Gasteiger partial charge in [-0.1, -0.05) is 60.7 Å². The molecule has 0 fully saturated rings. The van der Waals surface area contributed by atoms with Crippen molar-refractivity contribution < 1.29 is 14.7 Å². The van der Waals surface area contributed by atoms with Crippen LogP contribution in [0.15, 0.2) is 78.9 Å². The zero-order chi connectivity index (χ0) is 18.5. The van der Waals surface area contributed by atoms with E-state index in [1.807, 2.05) is 6.07 Å². The lowest BCUT2D eigenvalue weighted by molar-refractivity contribution is 0.0996. The second-order valence-electron chi connectivity index (χ2n) is 6.00. The molecule has 0 aliphatic carbocycles. The highest BCUT2D eigenvalue weighted by Crippen LogP contribution is 2.20. The van der Waals surface area contributed by atoms with Crippen molar-refractivity contribution in [1.82, 2.24) is 0 Å². The molecule has 0 bridgehead atoms. The molecular weight excluding hydrogens is 326 g/mol. The summed E-state index contributed by atoms with van der Waals surface area (Å²) >= 11 is 0. The molecule has 0 unspecified atom stereocenters. The Balaban J connectivity index is 1.89. The van der Waals surface area contributed by atoms with Crippen molar-refractivity contribution in [2.24, 2.45) is 0 Å². The van der Waals surface area contributed by atoms with Crippen LogP contribution in [0.25, 0.3) is 0 Å². The molecule has 0 saturated heterocycles. The van der Waals surface area contributed by atoms with Crippen molar-refractivity contribution in [2.75, 3.05) is 5.32 Å². The number of carbonyl (C=O) groups excluding carboxylic acids is 2. The average molecular weight is 345 g/mol. The number of rotatable bonds is 5. The van der Waals surface area contributed by atoms with Crippen LogP contribution in [0.1, 0.15) is 44.9 Å². The van der Waals surface area contributed by atoms with E-state index in [0.717, 1.165) is 0 Å². The Kier molecular flexibility index (Phi) is 5.25. The van der Waals surface area contributed by atoms with E-state index < -0.39 is 6.10 Å². The van der Waals surface area contributed by atoms with Crippen LogP contribution in [0.5, 0.6) is 0 Å². The SMILES string of the molecule is C[C@@H](O)c1cccc(NC(=O)c2ccccc2C(=O)c2ccccc2)c1.